The third-order valence-electron chi connectivity index (χ3n) is 8.94. The van der Waals surface area contributed by atoms with Gasteiger partial charge >= 0.3 is 30.1 Å². The molecule has 2 N–H and O–H groups in total. The van der Waals surface area contributed by atoms with Crippen molar-refractivity contribution in [2.75, 3.05) is 40.3 Å². The lowest BCUT2D eigenvalue weighted by Gasteiger charge is -2.37. The normalized spacial score (nSPS) is 15.7. The molecule has 1 aliphatic rings. The minimum absolute atomic E-state index is 0.0253. The van der Waals surface area contributed by atoms with Crippen molar-refractivity contribution >= 4 is 34.1 Å². The first kappa shape index (κ1) is 44.6. The van der Waals surface area contributed by atoms with E-state index in [9.17, 15) is 51.0 Å². The Bertz CT molecular complexity index is 1750. The van der Waals surface area contributed by atoms with Gasteiger partial charge in [-0.3, -0.25) is 0 Å². The SMILES string of the molecule is CCN(CC1CCN(S(=O)(=O)N(C)C)CC1)C(C)Cc1ccc(C(F)(F)F)cc1.O=C(O[C@@H](C(=O)O)[C@@H](OC(=O)c1ccccc1)C(=O)O)c1ccccc1. The molecule has 0 aromatic heterocycles. The number of carboxylic acids is 2. The maximum Gasteiger partial charge on any atom is 0.416 e. The van der Waals surface area contributed by atoms with Crippen molar-refractivity contribution in [1.82, 2.24) is 13.5 Å². The molecule has 3 aromatic carbocycles. The average Bonchev–Trinajstić information content (AvgIpc) is 3.15. The van der Waals surface area contributed by atoms with Crippen LogP contribution in [-0.4, -0.2) is 115 Å². The third-order valence-corrected chi connectivity index (χ3v) is 10.9. The van der Waals surface area contributed by atoms with Gasteiger partial charge in [0.05, 0.1) is 16.7 Å². The monoisotopic (exact) mass is 793 g/mol. The number of nitrogens with zero attached hydrogens (tertiary/aromatic N) is 3. The number of hydrogen-bond acceptors (Lipinski definition) is 9. The van der Waals surface area contributed by atoms with E-state index in [1.807, 2.05) is 0 Å². The fourth-order valence-electron chi connectivity index (χ4n) is 5.80. The summed E-state index contributed by atoms with van der Waals surface area (Å²) < 4.78 is 74.9. The molecule has 0 bridgehead atoms. The topological polar surface area (TPSA) is 171 Å². The van der Waals surface area contributed by atoms with Crippen LogP contribution in [0.15, 0.2) is 84.9 Å². The number of hydrogen-bond donors (Lipinski definition) is 2. The highest BCUT2D eigenvalue weighted by molar-refractivity contribution is 7.86. The van der Waals surface area contributed by atoms with Crippen LogP contribution in [0.4, 0.5) is 13.2 Å². The Morgan fingerprint density at radius 2 is 1.24 bits per heavy atom. The summed E-state index contributed by atoms with van der Waals surface area (Å²) in [5.41, 5.74) is 0.311. The smallest absolute Gasteiger partial charge is 0.416 e. The summed E-state index contributed by atoms with van der Waals surface area (Å²) in [5.74, 6) is -5.22. The maximum absolute atomic E-state index is 12.7. The van der Waals surface area contributed by atoms with Gasteiger partial charge in [0.1, 0.15) is 0 Å². The summed E-state index contributed by atoms with van der Waals surface area (Å²) in [6.07, 6.45) is -6.43. The van der Waals surface area contributed by atoms with E-state index < -0.39 is 58.0 Å². The molecule has 17 heteroatoms. The van der Waals surface area contributed by atoms with E-state index in [0.717, 1.165) is 43.6 Å². The fraction of sp³-hybridized carbons (Fsp3) is 0.421. The Morgan fingerprint density at radius 1 is 0.800 bits per heavy atom. The Balaban J connectivity index is 0.000000297. The number of carbonyl (C=O) groups excluding carboxylic acids is 2. The number of esters is 2. The van der Waals surface area contributed by atoms with Crippen molar-refractivity contribution in [2.45, 2.75) is 57.5 Å². The van der Waals surface area contributed by atoms with Crippen LogP contribution < -0.4 is 0 Å². The first-order valence-electron chi connectivity index (χ1n) is 17.4. The Morgan fingerprint density at radius 3 is 1.60 bits per heavy atom. The van der Waals surface area contributed by atoms with Crippen LogP contribution in [0, 0.1) is 5.92 Å². The van der Waals surface area contributed by atoms with Crippen molar-refractivity contribution in [3.8, 4) is 0 Å². The number of carbonyl (C=O) groups is 4. The van der Waals surface area contributed by atoms with Crippen molar-refractivity contribution in [2.24, 2.45) is 5.92 Å². The minimum atomic E-state index is -4.31. The minimum Gasteiger partial charge on any atom is -0.478 e. The molecule has 0 aliphatic carbocycles. The number of rotatable bonds is 15. The number of benzene rings is 3. The molecule has 4 rings (SSSR count). The lowest BCUT2D eigenvalue weighted by Crippen LogP contribution is -2.47. The second-order valence-corrected chi connectivity index (χ2v) is 15.2. The summed E-state index contributed by atoms with van der Waals surface area (Å²) in [6.45, 7) is 6.93. The molecule has 1 fully saturated rings. The van der Waals surface area contributed by atoms with Crippen LogP contribution in [0.1, 0.15) is 58.5 Å². The predicted molar refractivity (Wildman–Crippen MR) is 195 cm³/mol. The zero-order chi connectivity index (χ0) is 40.9. The largest absolute Gasteiger partial charge is 0.478 e. The fourth-order valence-corrected chi connectivity index (χ4v) is 6.94. The van der Waals surface area contributed by atoms with Crippen LogP contribution in [0.3, 0.4) is 0 Å². The molecule has 1 unspecified atom stereocenters. The molecule has 1 heterocycles. The molecule has 1 aliphatic heterocycles. The van der Waals surface area contributed by atoms with Gasteiger partial charge in [-0.25, -0.2) is 19.2 Å². The van der Waals surface area contributed by atoms with Crippen molar-refractivity contribution in [3.63, 3.8) is 0 Å². The molecule has 0 saturated carbocycles. The van der Waals surface area contributed by atoms with Gasteiger partial charge in [-0.05, 0) is 80.6 Å². The van der Waals surface area contributed by atoms with Crippen LogP contribution in [0.5, 0.6) is 0 Å². The first-order valence-corrected chi connectivity index (χ1v) is 18.8. The van der Waals surface area contributed by atoms with Crippen molar-refractivity contribution < 1.29 is 60.5 Å². The second-order valence-electron chi connectivity index (χ2n) is 13.0. The molecule has 0 amide bonds. The van der Waals surface area contributed by atoms with Crippen LogP contribution in [0.25, 0.3) is 0 Å². The number of ether oxygens (including phenoxy) is 2. The van der Waals surface area contributed by atoms with Gasteiger partial charge in [-0.15, -0.1) is 0 Å². The maximum atomic E-state index is 12.7. The van der Waals surface area contributed by atoms with Crippen LogP contribution in [0.2, 0.25) is 0 Å². The Hall–Kier alpha value is -4.84. The molecular formula is C38H46F3N3O10S. The van der Waals surface area contributed by atoms with E-state index in [2.05, 4.69) is 18.7 Å². The van der Waals surface area contributed by atoms with Gasteiger partial charge in [-0.2, -0.15) is 30.2 Å². The quantitative estimate of drug-likeness (QED) is 0.197. The van der Waals surface area contributed by atoms with Gasteiger partial charge in [0.15, 0.2) is 0 Å². The number of aliphatic carboxylic acids is 2. The molecule has 300 valence electrons. The van der Waals surface area contributed by atoms with E-state index in [1.54, 1.807) is 38.4 Å². The molecule has 1 saturated heterocycles. The van der Waals surface area contributed by atoms with Crippen LogP contribution >= 0.6 is 0 Å². The van der Waals surface area contributed by atoms with Crippen molar-refractivity contribution in [1.29, 1.82) is 0 Å². The molecule has 0 radical (unpaired) electrons. The van der Waals surface area contributed by atoms with E-state index in [4.69, 9.17) is 9.47 Å². The molecule has 0 spiro atoms. The predicted octanol–water partition coefficient (Wildman–Crippen LogP) is 5.08. The highest BCUT2D eigenvalue weighted by Gasteiger charge is 2.41. The Kier molecular flexibility index (Phi) is 16.4. The lowest BCUT2D eigenvalue weighted by molar-refractivity contribution is -0.166. The second kappa shape index (κ2) is 20.2. The van der Waals surface area contributed by atoms with E-state index in [1.165, 1.54) is 57.1 Å². The van der Waals surface area contributed by atoms with Gasteiger partial charge in [0.2, 0.25) is 12.2 Å². The molecule has 3 atom stereocenters. The van der Waals surface area contributed by atoms with Crippen molar-refractivity contribution in [3.05, 3.63) is 107 Å². The summed E-state index contributed by atoms with van der Waals surface area (Å²) in [5, 5.41) is 18.5. The summed E-state index contributed by atoms with van der Waals surface area (Å²) in [6, 6.07) is 20.4. The van der Waals surface area contributed by atoms with Gasteiger partial charge in [0, 0.05) is 39.8 Å². The standard InChI is InChI=1S/C20H32F3N3O2S.C18H14O8/c1-5-25(15-18-10-12-26(13-11-18)29(27,28)24(3)4)16(2)14-17-6-8-19(9-7-17)20(21,22)23;19-15(20)13(25-17(23)11-7-3-1-4-8-11)14(16(21)22)26-18(24)12-9-5-2-6-10-12/h6-9,16,18H,5,10-15H2,1-4H3;1-10,13-14H,(H,19,20)(H,21,22)/t;13-,14-/m.1/s1. The highest BCUT2D eigenvalue weighted by Crippen LogP contribution is 2.29. The molecule has 3 aromatic rings. The van der Waals surface area contributed by atoms with Crippen LogP contribution in [-0.2, 0) is 41.9 Å². The van der Waals surface area contributed by atoms with E-state index >= 15 is 0 Å². The highest BCUT2D eigenvalue weighted by atomic mass is 32.2. The number of likely N-dealkylation sites (N-methyl/N-ethyl adjacent to an activating group) is 1. The Labute approximate surface area is 318 Å². The molecular weight excluding hydrogens is 747 g/mol. The van der Waals surface area contributed by atoms with Gasteiger partial charge in [-0.1, -0.05) is 55.5 Å². The summed E-state index contributed by atoms with van der Waals surface area (Å²) >= 11 is 0. The number of piperidine rings is 1. The number of carboxylic acid groups (broad SMARTS) is 2. The first-order chi connectivity index (χ1) is 25.8. The summed E-state index contributed by atoms with van der Waals surface area (Å²) in [7, 11) is -0.266. The van der Waals surface area contributed by atoms with Gasteiger partial charge < -0.3 is 24.6 Å². The number of alkyl halides is 3. The third kappa shape index (κ3) is 13.2. The summed E-state index contributed by atoms with van der Waals surface area (Å²) in [4.78, 5) is 49.2. The molecule has 55 heavy (non-hydrogen) atoms. The lowest BCUT2D eigenvalue weighted by atomic mass is 9.96. The number of halogens is 3. The molecule has 13 nitrogen and oxygen atoms in total. The average molecular weight is 794 g/mol. The van der Waals surface area contributed by atoms with E-state index in [0.29, 0.717) is 25.4 Å². The zero-order valence-corrected chi connectivity index (χ0v) is 31.7. The van der Waals surface area contributed by atoms with Gasteiger partial charge in [0.25, 0.3) is 10.2 Å². The van der Waals surface area contributed by atoms with E-state index in [-0.39, 0.29) is 17.2 Å². The zero-order valence-electron chi connectivity index (χ0n) is 30.9.